The van der Waals surface area contributed by atoms with Crippen LogP contribution in [0.25, 0.3) is 20.4 Å². The first-order valence-electron chi connectivity index (χ1n) is 17.0. The molecule has 0 radical (unpaired) electrons. The lowest BCUT2D eigenvalue weighted by atomic mass is 10.0. The van der Waals surface area contributed by atoms with Crippen LogP contribution in [0.5, 0.6) is 0 Å². The summed E-state index contributed by atoms with van der Waals surface area (Å²) in [5.41, 5.74) is 1.26. The molecule has 0 aliphatic rings. The van der Waals surface area contributed by atoms with Gasteiger partial charge in [0.25, 0.3) is 0 Å². The molecule has 0 bridgehead atoms. The topological polar surface area (TPSA) is 172 Å². The quantitative estimate of drug-likeness (QED) is 0.156. The summed E-state index contributed by atoms with van der Waals surface area (Å²) in [4.78, 5) is 67.3. The van der Waals surface area contributed by atoms with Crippen LogP contribution in [0.2, 0.25) is 0 Å². The molecule has 0 spiro atoms. The van der Waals surface area contributed by atoms with Crippen LogP contribution >= 0.6 is 22.7 Å². The molecular weight excluding hydrogens is 827 g/mol. The highest BCUT2D eigenvalue weighted by molar-refractivity contribution is 7.88. The van der Waals surface area contributed by atoms with Gasteiger partial charge in [0.1, 0.15) is 35.4 Å². The lowest BCUT2D eigenvalue weighted by molar-refractivity contribution is -0.120. The highest BCUT2D eigenvalue weighted by Crippen LogP contribution is 2.26. The first kappa shape index (κ1) is 41.7. The lowest BCUT2D eigenvalue weighted by Crippen LogP contribution is -2.57. The molecular formula is C37H33F4N7O7S3. The molecule has 0 saturated heterocycles. The maximum Gasteiger partial charge on any atom is 0.330 e. The third-order valence-electron chi connectivity index (χ3n) is 9.14. The largest absolute Gasteiger partial charge is 0.330 e. The van der Waals surface area contributed by atoms with E-state index in [1.165, 1.54) is 61.6 Å². The van der Waals surface area contributed by atoms with E-state index in [0.29, 0.717) is 32.6 Å². The number of thiazole rings is 2. The molecule has 0 saturated carbocycles. The molecule has 6 aromatic rings. The number of hydrogen-bond acceptors (Lipinski definition) is 9. The van der Waals surface area contributed by atoms with Crippen molar-refractivity contribution in [2.24, 2.45) is 14.1 Å². The summed E-state index contributed by atoms with van der Waals surface area (Å²) in [5, 5.41) is 2.22. The van der Waals surface area contributed by atoms with Gasteiger partial charge in [-0.05, 0) is 78.2 Å². The van der Waals surface area contributed by atoms with Gasteiger partial charge in [-0.25, -0.2) is 27.1 Å². The minimum absolute atomic E-state index is 0.0713. The number of nitrogens with zero attached hydrogens (tertiary/aromatic N) is 4. The van der Waals surface area contributed by atoms with E-state index < -0.39 is 76.2 Å². The predicted octanol–water partition coefficient (Wildman–Crippen LogP) is 4.05. The highest BCUT2D eigenvalue weighted by Gasteiger charge is 2.32. The van der Waals surface area contributed by atoms with Crippen LogP contribution in [0.1, 0.15) is 11.1 Å². The number of urea groups is 1. The monoisotopic (exact) mass is 859 g/mol. The third-order valence-corrected chi connectivity index (χ3v) is 12.2. The Balaban J connectivity index is 1.26. The van der Waals surface area contributed by atoms with Gasteiger partial charge in [-0.1, -0.05) is 22.7 Å². The molecule has 0 aliphatic heterocycles. The van der Waals surface area contributed by atoms with E-state index in [1.807, 2.05) is 4.72 Å². The third kappa shape index (κ3) is 9.28. The van der Waals surface area contributed by atoms with Crippen LogP contribution in [0.3, 0.4) is 0 Å². The van der Waals surface area contributed by atoms with Crippen molar-refractivity contribution in [2.45, 2.75) is 24.9 Å². The van der Waals surface area contributed by atoms with E-state index in [4.69, 9.17) is 0 Å². The number of nitrogens with one attached hydrogen (secondary N) is 3. The maximum atomic E-state index is 14.2. The average molecular weight is 860 g/mol. The van der Waals surface area contributed by atoms with Crippen molar-refractivity contribution in [2.75, 3.05) is 23.9 Å². The Labute approximate surface area is 335 Å². The fourth-order valence-corrected chi connectivity index (χ4v) is 8.84. The van der Waals surface area contributed by atoms with Crippen LogP contribution in [0.15, 0.2) is 82.4 Å². The van der Waals surface area contributed by atoms with E-state index in [2.05, 4.69) is 5.32 Å². The Bertz CT molecular complexity index is 2800. The first-order chi connectivity index (χ1) is 27.3. The zero-order chi connectivity index (χ0) is 42.2. The zero-order valence-corrected chi connectivity index (χ0v) is 33.3. The molecule has 2 aromatic heterocycles. The van der Waals surface area contributed by atoms with Crippen LogP contribution in [0, 0.1) is 23.3 Å². The molecule has 14 nitrogen and oxygen atoms in total. The molecule has 6 rings (SSSR count). The number of fused-ring (bicyclic) bond motifs is 2. The van der Waals surface area contributed by atoms with Crippen LogP contribution in [-0.2, 0) is 46.7 Å². The standard InChI is InChI=1S/C37H33F4N7O7S3/c1-45(25-5-7-31-29(17-25)47(3)36(52)56-31)33(49)27(13-19-9-21(38)15-22(39)10-19)42-35(51)44-58(54,55)43-28(14-20-11-23(40)16-24(41)12-20)34(50)46(2)26-6-8-32-30(18-26)48(4)37(53)57-32/h5-12,15-18,27-28,43H,13-14H2,1-4H3,(H2,42,44,51)/t27?,28-/m0/s1. The molecule has 3 N–H and O–H groups in total. The van der Waals surface area contributed by atoms with Gasteiger partial charge < -0.3 is 24.3 Å². The summed E-state index contributed by atoms with van der Waals surface area (Å²) in [6.07, 6.45) is -1.12. The minimum atomic E-state index is -5.04. The molecule has 2 heterocycles. The zero-order valence-electron chi connectivity index (χ0n) is 30.9. The van der Waals surface area contributed by atoms with Gasteiger partial charge in [-0.2, -0.15) is 13.1 Å². The maximum absolute atomic E-state index is 14.2. The number of aryl methyl sites for hydroxylation is 2. The number of likely N-dealkylation sites (N-methyl/N-ethyl adjacent to an activating group) is 2. The molecule has 58 heavy (non-hydrogen) atoms. The molecule has 4 amide bonds. The second-order valence-corrected chi connectivity index (χ2v) is 16.7. The number of anilines is 2. The Morgan fingerprint density at radius 3 is 1.48 bits per heavy atom. The van der Waals surface area contributed by atoms with Crippen LogP contribution in [0.4, 0.5) is 33.7 Å². The number of halogens is 4. The van der Waals surface area contributed by atoms with Gasteiger partial charge in [-0.15, -0.1) is 0 Å². The molecule has 21 heteroatoms. The molecule has 304 valence electrons. The molecule has 2 atom stereocenters. The number of aromatic nitrogens is 2. The van der Waals surface area contributed by atoms with E-state index in [9.17, 15) is 50.0 Å². The predicted molar refractivity (Wildman–Crippen MR) is 212 cm³/mol. The van der Waals surface area contributed by atoms with E-state index >= 15 is 0 Å². The Kier molecular flexibility index (Phi) is 11.9. The minimum Gasteiger partial charge on any atom is -0.325 e. The summed E-state index contributed by atoms with van der Waals surface area (Å²) >= 11 is 1.95. The van der Waals surface area contributed by atoms with Crippen molar-refractivity contribution in [1.82, 2.24) is 23.9 Å². The van der Waals surface area contributed by atoms with Gasteiger partial charge in [0.05, 0.1) is 20.4 Å². The second-order valence-electron chi connectivity index (χ2n) is 13.2. The van der Waals surface area contributed by atoms with Gasteiger partial charge >= 0.3 is 26.0 Å². The smallest absolute Gasteiger partial charge is 0.325 e. The first-order valence-corrected chi connectivity index (χ1v) is 20.1. The van der Waals surface area contributed by atoms with E-state index in [0.717, 1.165) is 56.7 Å². The molecule has 1 unspecified atom stereocenters. The number of hydrogen-bond donors (Lipinski definition) is 3. The highest BCUT2D eigenvalue weighted by atomic mass is 32.2. The normalized spacial score (nSPS) is 12.7. The molecule has 0 fully saturated rings. The number of amides is 4. The van der Waals surface area contributed by atoms with Crippen molar-refractivity contribution in [3.8, 4) is 0 Å². The van der Waals surface area contributed by atoms with Crippen LogP contribution in [-0.4, -0.2) is 61.6 Å². The summed E-state index contributed by atoms with van der Waals surface area (Å²) in [6, 6.07) is 9.16. The number of carbonyl (C=O) groups is 3. The molecule has 0 aliphatic carbocycles. The number of rotatable bonds is 12. The fourth-order valence-electron chi connectivity index (χ4n) is 6.20. The lowest BCUT2D eigenvalue weighted by Gasteiger charge is -2.26. The second kappa shape index (κ2) is 16.5. The summed E-state index contributed by atoms with van der Waals surface area (Å²) in [5.74, 6) is -5.75. The molecule has 4 aromatic carbocycles. The Morgan fingerprint density at radius 2 is 1.05 bits per heavy atom. The number of benzene rings is 4. The van der Waals surface area contributed by atoms with Crippen molar-refractivity contribution < 1.29 is 40.4 Å². The summed E-state index contributed by atoms with van der Waals surface area (Å²) < 4.78 is 91.4. The van der Waals surface area contributed by atoms with Crippen molar-refractivity contribution in [3.63, 3.8) is 0 Å². The fraction of sp³-hybridized carbons (Fsp3) is 0.216. The Hall–Kier alpha value is -5.90. The summed E-state index contributed by atoms with van der Waals surface area (Å²) in [6.45, 7) is 0. The number of carbonyl (C=O) groups excluding carboxylic acids is 3. The SMILES string of the molecule is CN(C(=O)C(Cc1cc(F)cc(F)c1)NC(=O)NS(=O)(=O)N[C@@H](Cc1cc(F)cc(F)c1)C(=O)N(C)c1ccc2sc(=O)n(C)c2c1)c1ccc2sc(=O)n(C)c2c1. The van der Waals surface area contributed by atoms with Gasteiger partial charge in [0, 0.05) is 58.1 Å². The van der Waals surface area contributed by atoms with Gasteiger partial charge in [0.15, 0.2) is 0 Å². The van der Waals surface area contributed by atoms with Crippen molar-refractivity contribution in [3.05, 3.63) is 127 Å². The van der Waals surface area contributed by atoms with Crippen LogP contribution < -0.4 is 34.3 Å². The van der Waals surface area contributed by atoms with Crippen molar-refractivity contribution >= 4 is 82.5 Å². The summed E-state index contributed by atoms with van der Waals surface area (Å²) in [7, 11) is 0.662. The van der Waals surface area contributed by atoms with Crippen molar-refractivity contribution in [1.29, 1.82) is 0 Å². The van der Waals surface area contributed by atoms with E-state index in [1.54, 1.807) is 16.9 Å². The average Bonchev–Trinajstić information content (AvgIpc) is 3.59. The van der Waals surface area contributed by atoms with Gasteiger partial charge in [-0.3, -0.25) is 19.2 Å². The van der Waals surface area contributed by atoms with Gasteiger partial charge in [0.2, 0.25) is 11.8 Å². The van der Waals surface area contributed by atoms with E-state index in [-0.39, 0.29) is 32.2 Å². The Morgan fingerprint density at radius 1 is 0.655 bits per heavy atom.